The van der Waals surface area contributed by atoms with Crippen molar-refractivity contribution in [3.05, 3.63) is 87.4 Å². The van der Waals surface area contributed by atoms with E-state index < -0.39 is 21.9 Å². The van der Waals surface area contributed by atoms with Gasteiger partial charge in [0.1, 0.15) is 0 Å². The number of rotatable bonds is 6. The normalized spacial score (nSPS) is 11.0. The van der Waals surface area contributed by atoms with E-state index in [1.54, 1.807) is 24.3 Å². The zero-order valence-electron chi connectivity index (χ0n) is 15.1. The van der Waals surface area contributed by atoms with Crippen LogP contribution in [0.4, 0.5) is 11.4 Å². The quantitative estimate of drug-likeness (QED) is 0.439. The number of carboxylic acids is 1. The number of anilines is 2. The molecule has 10 heteroatoms. The molecule has 3 N–H and O–H groups in total. The maximum atomic E-state index is 12.7. The number of hydrogen-bond donors (Lipinski definition) is 3. The standard InChI is InChI=1S/C20H14BrClN2O5S/c21-13-2-6-15(7-3-13)23-19(25)17-10-1-12(20(26)27)11-18(17)24-30(28,29)16-8-4-14(22)5-9-16/h1-11,24H,(H,23,25)(H,26,27). The topological polar surface area (TPSA) is 113 Å². The van der Waals surface area contributed by atoms with Crippen LogP contribution in [-0.4, -0.2) is 25.4 Å². The molecule has 0 unspecified atom stereocenters. The van der Waals surface area contributed by atoms with Gasteiger partial charge in [-0.25, -0.2) is 13.2 Å². The van der Waals surface area contributed by atoms with Crippen LogP contribution in [0.3, 0.4) is 0 Å². The van der Waals surface area contributed by atoms with Crippen LogP contribution in [-0.2, 0) is 10.0 Å². The van der Waals surface area contributed by atoms with Crippen molar-refractivity contribution in [2.75, 3.05) is 10.0 Å². The van der Waals surface area contributed by atoms with E-state index in [2.05, 4.69) is 26.0 Å². The van der Waals surface area contributed by atoms with E-state index in [4.69, 9.17) is 11.6 Å². The van der Waals surface area contributed by atoms with Gasteiger partial charge in [-0.2, -0.15) is 0 Å². The smallest absolute Gasteiger partial charge is 0.335 e. The van der Waals surface area contributed by atoms with Gasteiger partial charge in [0, 0.05) is 15.2 Å². The Hall–Kier alpha value is -2.88. The number of benzene rings is 3. The second-order valence-corrected chi connectivity index (χ2v) is 9.12. The van der Waals surface area contributed by atoms with Crippen LogP contribution in [0.15, 0.2) is 76.1 Å². The summed E-state index contributed by atoms with van der Waals surface area (Å²) in [6.45, 7) is 0. The van der Waals surface area contributed by atoms with Gasteiger partial charge < -0.3 is 10.4 Å². The summed E-state index contributed by atoms with van der Waals surface area (Å²) in [5, 5.41) is 12.3. The van der Waals surface area contributed by atoms with Crippen LogP contribution in [0.5, 0.6) is 0 Å². The Morgan fingerprint density at radius 2 is 1.57 bits per heavy atom. The van der Waals surface area contributed by atoms with Crippen LogP contribution < -0.4 is 10.0 Å². The third kappa shape index (κ3) is 5.18. The zero-order chi connectivity index (χ0) is 21.9. The van der Waals surface area contributed by atoms with Gasteiger partial charge in [0.25, 0.3) is 15.9 Å². The van der Waals surface area contributed by atoms with E-state index in [9.17, 15) is 23.1 Å². The van der Waals surface area contributed by atoms with Crippen molar-refractivity contribution in [2.45, 2.75) is 4.90 Å². The van der Waals surface area contributed by atoms with Crippen molar-refractivity contribution >= 4 is 60.8 Å². The number of sulfonamides is 1. The molecule has 30 heavy (non-hydrogen) atoms. The summed E-state index contributed by atoms with van der Waals surface area (Å²) in [5.74, 6) is -1.87. The molecule has 0 atom stereocenters. The minimum atomic E-state index is -4.09. The van der Waals surface area contributed by atoms with Crippen molar-refractivity contribution in [2.24, 2.45) is 0 Å². The van der Waals surface area contributed by atoms with Gasteiger partial charge in [-0.1, -0.05) is 27.5 Å². The highest BCUT2D eigenvalue weighted by Crippen LogP contribution is 2.24. The molecule has 154 valence electrons. The van der Waals surface area contributed by atoms with Crippen LogP contribution in [0.1, 0.15) is 20.7 Å². The molecule has 0 bridgehead atoms. The first kappa shape index (κ1) is 21.8. The molecule has 0 saturated heterocycles. The predicted molar refractivity (Wildman–Crippen MR) is 118 cm³/mol. The van der Waals surface area contributed by atoms with E-state index in [0.717, 1.165) is 10.5 Å². The summed E-state index contributed by atoms with van der Waals surface area (Å²) in [4.78, 5) is 24.0. The minimum absolute atomic E-state index is 0.0412. The Kier molecular flexibility index (Phi) is 6.45. The molecule has 0 saturated carbocycles. The van der Waals surface area contributed by atoms with E-state index in [0.29, 0.717) is 10.7 Å². The highest BCUT2D eigenvalue weighted by molar-refractivity contribution is 9.10. The molecule has 3 aromatic carbocycles. The molecule has 0 aliphatic rings. The van der Waals surface area contributed by atoms with Gasteiger partial charge in [-0.3, -0.25) is 9.52 Å². The Labute approximate surface area is 185 Å². The fourth-order valence-electron chi connectivity index (χ4n) is 2.51. The average Bonchev–Trinajstić information content (AvgIpc) is 2.69. The van der Waals surface area contributed by atoms with E-state index >= 15 is 0 Å². The molecule has 7 nitrogen and oxygen atoms in total. The first-order valence-electron chi connectivity index (χ1n) is 8.38. The molecule has 0 aromatic heterocycles. The van der Waals surface area contributed by atoms with Gasteiger partial charge in [-0.05, 0) is 66.7 Å². The van der Waals surface area contributed by atoms with Crippen LogP contribution in [0, 0.1) is 0 Å². The molecule has 0 heterocycles. The minimum Gasteiger partial charge on any atom is -0.478 e. The van der Waals surface area contributed by atoms with Crippen molar-refractivity contribution in [1.82, 2.24) is 0 Å². The second kappa shape index (κ2) is 8.86. The van der Waals surface area contributed by atoms with E-state index in [-0.39, 0.29) is 21.7 Å². The largest absolute Gasteiger partial charge is 0.478 e. The summed E-state index contributed by atoms with van der Waals surface area (Å²) >= 11 is 9.09. The molecule has 1 amide bonds. The van der Waals surface area contributed by atoms with Crippen molar-refractivity contribution in [3.8, 4) is 0 Å². The number of hydrogen-bond acceptors (Lipinski definition) is 4. The van der Waals surface area contributed by atoms with Crippen LogP contribution in [0.25, 0.3) is 0 Å². The molecular formula is C20H14BrClN2O5S. The van der Waals surface area contributed by atoms with Crippen molar-refractivity contribution in [1.29, 1.82) is 0 Å². The molecular weight excluding hydrogens is 496 g/mol. The number of aromatic carboxylic acids is 1. The van der Waals surface area contributed by atoms with Gasteiger partial charge in [-0.15, -0.1) is 0 Å². The van der Waals surface area contributed by atoms with E-state index in [1.807, 2.05) is 0 Å². The summed E-state index contributed by atoms with van der Waals surface area (Å²) in [5.41, 5.74) is 0.0981. The van der Waals surface area contributed by atoms with E-state index in [1.165, 1.54) is 36.4 Å². The lowest BCUT2D eigenvalue weighted by atomic mass is 10.1. The molecule has 0 aliphatic heterocycles. The Balaban J connectivity index is 1.97. The average molecular weight is 510 g/mol. The maximum Gasteiger partial charge on any atom is 0.335 e. The number of carboxylic acid groups (broad SMARTS) is 1. The fourth-order valence-corrected chi connectivity index (χ4v) is 3.97. The lowest BCUT2D eigenvalue weighted by Gasteiger charge is -2.14. The Morgan fingerprint density at radius 1 is 0.933 bits per heavy atom. The van der Waals surface area contributed by atoms with Crippen molar-refractivity contribution in [3.63, 3.8) is 0 Å². The third-order valence-electron chi connectivity index (χ3n) is 3.98. The summed E-state index contributed by atoms with van der Waals surface area (Å²) in [6, 6.07) is 15.7. The number of carbonyl (C=O) groups is 2. The monoisotopic (exact) mass is 508 g/mol. The van der Waals surface area contributed by atoms with Gasteiger partial charge in [0.15, 0.2) is 0 Å². The predicted octanol–water partition coefficient (Wildman–Crippen LogP) is 4.85. The van der Waals surface area contributed by atoms with Gasteiger partial charge in [0.2, 0.25) is 0 Å². The zero-order valence-corrected chi connectivity index (χ0v) is 18.3. The highest BCUT2D eigenvalue weighted by atomic mass is 79.9. The summed E-state index contributed by atoms with van der Waals surface area (Å²) in [7, 11) is -4.09. The molecule has 3 rings (SSSR count). The number of carbonyl (C=O) groups excluding carboxylic acids is 1. The maximum absolute atomic E-state index is 12.7. The molecule has 0 spiro atoms. The highest BCUT2D eigenvalue weighted by Gasteiger charge is 2.21. The second-order valence-electron chi connectivity index (χ2n) is 6.09. The summed E-state index contributed by atoms with van der Waals surface area (Å²) in [6.07, 6.45) is 0. The molecule has 0 aliphatic carbocycles. The third-order valence-corrected chi connectivity index (χ3v) is 6.14. The van der Waals surface area contributed by atoms with Crippen LogP contribution in [0.2, 0.25) is 5.02 Å². The summed E-state index contributed by atoms with van der Waals surface area (Å²) < 4.78 is 28.6. The lowest BCUT2D eigenvalue weighted by molar-refractivity contribution is 0.0696. The number of halogens is 2. The van der Waals surface area contributed by atoms with Gasteiger partial charge >= 0.3 is 5.97 Å². The lowest BCUT2D eigenvalue weighted by Crippen LogP contribution is -2.19. The first-order valence-corrected chi connectivity index (χ1v) is 11.0. The fraction of sp³-hybridized carbons (Fsp3) is 0. The van der Waals surface area contributed by atoms with Crippen LogP contribution >= 0.6 is 27.5 Å². The molecule has 0 radical (unpaired) electrons. The number of amides is 1. The molecule has 3 aromatic rings. The first-order chi connectivity index (χ1) is 14.2. The van der Waals surface area contributed by atoms with Crippen molar-refractivity contribution < 1.29 is 23.1 Å². The number of nitrogens with one attached hydrogen (secondary N) is 2. The molecule has 0 fully saturated rings. The van der Waals surface area contributed by atoms with Gasteiger partial charge in [0.05, 0.1) is 21.7 Å². The SMILES string of the molecule is O=C(O)c1ccc(C(=O)Nc2ccc(Br)cc2)c(NS(=O)(=O)c2ccc(Cl)cc2)c1. The Bertz CT molecular complexity index is 1210. The Morgan fingerprint density at radius 3 is 2.17 bits per heavy atom.